The van der Waals surface area contributed by atoms with E-state index < -0.39 is 0 Å². The first-order valence-electron chi connectivity index (χ1n) is 8.35. The maximum atomic E-state index is 5.72. The van der Waals surface area contributed by atoms with Gasteiger partial charge in [0.15, 0.2) is 6.10 Å². The molecule has 1 aliphatic heterocycles. The molecular formula is C20H22BrN3O2. The van der Waals surface area contributed by atoms with E-state index in [1.165, 1.54) is 0 Å². The van der Waals surface area contributed by atoms with E-state index in [1.54, 1.807) is 13.4 Å². The Morgan fingerprint density at radius 2 is 2.00 bits per heavy atom. The molecule has 0 saturated carbocycles. The number of aliphatic imine (C=N–C) groups is 1. The molecule has 1 heterocycles. The molecule has 0 saturated heterocycles. The van der Waals surface area contributed by atoms with Crippen LogP contribution in [0.5, 0.6) is 5.75 Å². The number of halogens is 1. The third-order valence-corrected chi connectivity index (χ3v) is 4.70. The summed E-state index contributed by atoms with van der Waals surface area (Å²) in [7, 11) is 5.55. The Bertz CT molecular complexity index is 845. The molecule has 2 aromatic carbocycles. The second kappa shape index (κ2) is 7.91. The summed E-state index contributed by atoms with van der Waals surface area (Å²) in [5.74, 6) is 0.763. The molecule has 26 heavy (non-hydrogen) atoms. The Hall–Kier alpha value is -2.34. The number of rotatable bonds is 5. The van der Waals surface area contributed by atoms with Gasteiger partial charge in [-0.05, 0) is 36.2 Å². The molecule has 0 amide bonds. The van der Waals surface area contributed by atoms with Crippen molar-refractivity contribution >= 4 is 33.7 Å². The number of hydrogen-bond acceptors (Lipinski definition) is 4. The summed E-state index contributed by atoms with van der Waals surface area (Å²) in [6.07, 6.45) is 2.33. The normalized spacial score (nSPS) is 16.5. The quantitative estimate of drug-likeness (QED) is 0.517. The summed E-state index contributed by atoms with van der Waals surface area (Å²) in [6, 6.07) is 12.1. The van der Waals surface area contributed by atoms with Crippen LogP contribution < -0.4 is 4.74 Å². The van der Waals surface area contributed by atoms with Crippen molar-refractivity contribution in [2.75, 3.05) is 21.2 Å². The third-order valence-electron chi connectivity index (χ3n) is 4.17. The first-order valence-corrected chi connectivity index (χ1v) is 9.15. The van der Waals surface area contributed by atoms with Crippen molar-refractivity contribution in [3.8, 4) is 5.75 Å². The molecule has 136 valence electrons. The number of methoxy groups -OCH3 is 1. The fourth-order valence-electron chi connectivity index (χ4n) is 2.80. The average molecular weight is 416 g/mol. The van der Waals surface area contributed by atoms with Crippen LogP contribution in [0.2, 0.25) is 0 Å². The van der Waals surface area contributed by atoms with Crippen molar-refractivity contribution in [3.05, 3.63) is 57.6 Å². The second-order valence-corrected chi connectivity index (χ2v) is 7.35. The summed E-state index contributed by atoms with van der Waals surface area (Å²) in [5.41, 5.74) is 4.95. The monoisotopic (exact) mass is 415 g/mol. The lowest BCUT2D eigenvalue weighted by Gasteiger charge is -2.16. The molecule has 0 bridgehead atoms. The number of benzene rings is 2. The van der Waals surface area contributed by atoms with E-state index in [4.69, 9.17) is 9.57 Å². The minimum absolute atomic E-state index is 0.158. The van der Waals surface area contributed by atoms with Gasteiger partial charge in [-0.3, -0.25) is 0 Å². The number of ether oxygens (including phenoxy) is 1. The molecule has 5 nitrogen and oxygen atoms in total. The average Bonchev–Trinajstić information content (AvgIpc) is 3.10. The third kappa shape index (κ3) is 4.07. The number of nitrogens with zero attached hydrogens (tertiary/aromatic N) is 3. The van der Waals surface area contributed by atoms with Gasteiger partial charge in [-0.2, -0.15) is 0 Å². The van der Waals surface area contributed by atoms with Gasteiger partial charge in [0, 0.05) is 36.6 Å². The summed E-state index contributed by atoms with van der Waals surface area (Å²) < 4.78 is 6.64. The lowest BCUT2D eigenvalue weighted by Crippen LogP contribution is -2.07. The SMILES string of the molecule is COc1cc(N=CN(C)C)c(C)cc1C1CC(c2ccc(Br)cc2)=NO1. The van der Waals surface area contributed by atoms with Crippen LogP contribution in [0.4, 0.5) is 5.69 Å². The highest BCUT2D eigenvalue weighted by atomic mass is 79.9. The molecule has 1 unspecified atom stereocenters. The van der Waals surface area contributed by atoms with E-state index in [0.717, 1.165) is 38.3 Å². The molecule has 1 atom stereocenters. The maximum Gasteiger partial charge on any atom is 0.161 e. The molecule has 0 fully saturated rings. The predicted octanol–water partition coefficient (Wildman–Crippen LogP) is 4.85. The lowest BCUT2D eigenvalue weighted by atomic mass is 9.97. The van der Waals surface area contributed by atoms with Crippen LogP contribution in [-0.4, -0.2) is 38.2 Å². The van der Waals surface area contributed by atoms with Crippen molar-refractivity contribution in [2.24, 2.45) is 10.1 Å². The van der Waals surface area contributed by atoms with Gasteiger partial charge in [0.1, 0.15) is 5.75 Å². The largest absolute Gasteiger partial charge is 0.496 e. The van der Waals surface area contributed by atoms with Gasteiger partial charge in [-0.1, -0.05) is 33.2 Å². The Labute approximate surface area is 162 Å². The minimum Gasteiger partial charge on any atom is -0.496 e. The van der Waals surface area contributed by atoms with Crippen molar-refractivity contribution in [3.63, 3.8) is 0 Å². The van der Waals surface area contributed by atoms with E-state index in [9.17, 15) is 0 Å². The van der Waals surface area contributed by atoms with Gasteiger partial charge in [-0.25, -0.2) is 4.99 Å². The summed E-state index contributed by atoms with van der Waals surface area (Å²) >= 11 is 3.46. The highest BCUT2D eigenvalue weighted by Crippen LogP contribution is 2.38. The molecule has 0 aliphatic carbocycles. The van der Waals surface area contributed by atoms with Crippen molar-refractivity contribution in [1.82, 2.24) is 4.90 Å². The van der Waals surface area contributed by atoms with Crippen LogP contribution in [0.25, 0.3) is 0 Å². The summed E-state index contributed by atoms with van der Waals surface area (Å²) in [5, 5.41) is 4.29. The zero-order valence-electron chi connectivity index (χ0n) is 15.4. The van der Waals surface area contributed by atoms with Crippen molar-refractivity contribution in [2.45, 2.75) is 19.4 Å². The van der Waals surface area contributed by atoms with E-state index >= 15 is 0 Å². The van der Waals surface area contributed by atoms with Gasteiger partial charge in [0.05, 0.1) is 24.8 Å². The van der Waals surface area contributed by atoms with E-state index in [0.29, 0.717) is 6.42 Å². The zero-order valence-corrected chi connectivity index (χ0v) is 16.9. The van der Waals surface area contributed by atoms with Gasteiger partial charge in [0.25, 0.3) is 0 Å². The van der Waals surface area contributed by atoms with E-state index in [1.807, 2.05) is 56.3 Å². The van der Waals surface area contributed by atoms with Crippen molar-refractivity contribution in [1.29, 1.82) is 0 Å². The molecule has 6 heteroatoms. The summed E-state index contributed by atoms with van der Waals surface area (Å²) in [4.78, 5) is 12.1. The molecule has 3 rings (SSSR count). The van der Waals surface area contributed by atoms with Crippen LogP contribution in [-0.2, 0) is 4.84 Å². The van der Waals surface area contributed by atoms with Crippen LogP contribution >= 0.6 is 15.9 Å². The second-order valence-electron chi connectivity index (χ2n) is 6.43. The first-order chi connectivity index (χ1) is 12.5. The number of aryl methyl sites for hydroxylation is 1. The Kier molecular flexibility index (Phi) is 5.61. The fourth-order valence-corrected chi connectivity index (χ4v) is 3.07. The van der Waals surface area contributed by atoms with E-state index in [-0.39, 0.29) is 6.10 Å². The Balaban J connectivity index is 1.84. The van der Waals surface area contributed by atoms with E-state index in [2.05, 4.69) is 32.1 Å². The van der Waals surface area contributed by atoms with Gasteiger partial charge < -0.3 is 14.5 Å². The van der Waals surface area contributed by atoms with Crippen LogP contribution in [0, 0.1) is 6.92 Å². The lowest BCUT2D eigenvalue weighted by molar-refractivity contribution is 0.0836. The van der Waals surface area contributed by atoms with Gasteiger partial charge >= 0.3 is 0 Å². The fraction of sp³-hybridized carbons (Fsp3) is 0.300. The molecule has 0 radical (unpaired) electrons. The Morgan fingerprint density at radius 3 is 2.65 bits per heavy atom. The maximum absolute atomic E-state index is 5.72. The van der Waals surface area contributed by atoms with Gasteiger partial charge in [0.2, 0.25) is 0 Å². The van der Waals surface area contributed by atoms with Crippen LogP contribution in [0.3, 0.4) is 0 Å². The first kappa shape index (κ1) is 18.5. The molecule has 2 aromatic rings. The zero-order chi connectivity index (χ0) is 18.7. The molecule has 0 aromatic heterocycles. The highest BCUT2D eigenvalue weighted by Gasteiger charge is 2.27. The molecule has 0 N–H and O–H groups in total. The van der Waals surface area contributed by atoms with Crippen molar-refractivity contribution < 1.29 is 9.57 Å². The molecular weight excluding hydrogens is 394 g/mol. The minimum atomic E-state index is -0.158. The smallest absolute Gasteiger partial charge is 0.161 e. The predicted molar refractivity (Wildman–Crippen MR) is 109 cm³/mol. The molecule has 1 aliphatic rings. The van der Waals surface area contributed by atoms with Crippen LogP contribution in [0.15, 0.2) is 51.0 Å². The summed E-state index contributed by atoms with van der Waals surface area (Å²) in [6.45, 7) is 2.04. The Morgan fingerprint density at radius 1 is 1.27 bits per heavy atom. The van der Waals surface area contributed by atoms with Crippen LogP contribution in [0.1, 0.15) is 29.2 Å². The number of hydrogen-bond donors (Lipinski definition) is 0. The topological polar surface area (TPSA) is 46.4 Å². The number of oxime groups is 1. The van der Waals surface area contributed by atoms with Gasteiger partial charge in [-0.15, -0.1) is 0 Å². The molecule has 0 spiro atoms. The highest BCUT2D eigenvalue weighted by molar-refractivity contribution is 9.10. The standard InChI is InChI=1S/C20H22BrN3O2/c1-13-9-16(19(25-4)10-17(13)22-12-24(2)3)20-11-18(23-26-20)14-5-7-15(21)8-6-14/h5-10,12,20H,11H2,1-4H3.